The molecule has 1 aromatic rings. The number of ether oxygens (including phenoxy) is 1. The minimum Gasteiger partial charge on any atom is -0.508 e. The molecule has 0 saturated carbocycles. The number of aromatic hydroxyl groups is 1. The van der Waals surface area contributed by atoms with Crippen LogP contribution in [0.4, 0.5) is 0 Å². The summed E-state index contributed by atoms with van der Waals surface area (Å²) in [5.74, 6) is -0.131. The lowest BCUT2D eigenvalue weighted by Crippen LogP contribution is -2.41. The summed E-state index contributed by atoms with van der Waals surface area (Å²) in [5, 5.41) is 18.3. The van der Waals surface area contributed by atoms with Gasteiger partial charge in [-0.2, -0.15) is 5.26 Å². The molecule has 0 aliphatic carbocycles. The Hall–Kier alpha value is -2.32. The molecule has 1 aliphatic rings. The van der Waals surface area contributed by atoms with Crippen molar-refractivity contribution in [2.75, 3.05) is 26.3 Å². The summed E-state index contributed by atoms with van der Waals surface area (Å²) in [6, 6.07) is 8.26. The number of carbonyl (C=O) groups excluding carboxylic acids is 1. The van der Waals surface area contributed by atoms with E-state index in [1.54, 1.807) is 17.0 Å². The Morgan fingerprint density at radius 2 is 1.95 bits per heavy atom. The zero-order valence-electron chi connectivity index (χ0n) is 10.4. The van der Waals surface area contributed by atoms with E-state index in [0.29, 0.717) is 31.9 Å². The van der Waals surface area contributed by atoms with E-state index < -0.39 is 0 Å². The maximum Gasteiger partial charge on any atom is 0.264 e. The monoisotopic (exact) mass is 258 g/mol. The fourth-order valence-electron chi connectivity index (χ4n) is 1.82. The molecule has 1 fully saturated rings. The Morgan fingerprint density at radius 3 is 2.53 bits per heavy atom. The van der Waals surface area contributed by atoms with Gasteiger partial charge >= 0.3 is 0 Å². The highest BCUT2D eigenvalue weighted by atomic mass is 16.5. The summed E-state index contributed by atoms with van der Waals surface area (Å²) in [5.41, 5.74) is 0.795. The van der Waals surface area contributed by atoms with Gasteiger partial charge in [-0.1, -0.05) is 12.1 Å². The number of benzene rings is 1. The van der Waals surface area contributed by atoms with Gasteiger partial charge in [0, 0.05) is 13.1 Å². The second-order valence-corrected chi connectivity index (χ2v) is 4.17. The average molecular weight is 258 g/mol. The molecule has 1 amide bonds. The van der Waals surface area contributed by atoms with Crippen molar-refractivity contribution >= 4 is 12.0 Å². The number of hydrogen-bond donors (Lipinski definition) is 1. The average Bonchev–Trinajstić information content (AvgIpc) is 2.47. The zero-order valence-corrected chi connectivity index (χ0v) is 10.4. The van der Waals surface area contributed by atoms with Crippen molar-refractivity contribution in [1.29, 1.82) is 5.26 Å². The van der Waals surface area contributed by atoms with Crippen LogP contribution in [0.25, 0.3) is 6.08 Å². The summed E-state index contributed by atoms with van der Waals surface area (Å²) in [4.78, 5) is 13.7. The molecule has 1 aromatic carbocycles. The van der Waals surface area contributed by atoms with Crippen molar-refractivity contribution in [3.8, 4) is 11.8 Å². The van der Waals surface area contributed by atoms with Crippen molar-refractivity contribution in [2.24, 2.45) is 0 Å². The van der Waals surface area contributed by atoms with Crippen molar-refractivity contribution < 1.29 is 14.6 Å². The Bertz CT molecular complexity index is 523. The minimum absolute atomic E-state index is 0.0904. The van der Waals surface area contributed by atoms with Gasteiger partial charge in [0.1, 0.15) is 17.4 Å². The van der Waals surface area contributed by atoms with Gasteiger partial charge in [0.05, 0.1) is 13.2 Å². The molecule has 98 valence electrons. The minimum atomic E-state index is -0.279. The van der Waals surface area contributed by atoms with Crippen LogP contribution >= 0.6 is 0 Å². The van der Waals surface area contributed by atoms with Crippen molar-refractivity contribution in [3.63, 3.8) is 0 Å². The number of nitrogens with zero attached hydrogens (tertiary/aromatic N) is 2. The number of morpholine rings is 1. The SMILES string of the molecule is N#C/C(=C\c1ccc(O)cc1)C(=O)N1CCOCC1. The smallest absolute Gasteiger partial charge is 0.264 e. The highest BCUT2D eigenvalue weighted by Gasteiger charge is 2.20. The van der Waals surface area contributed by atoms with Gasteiger partial charge in [-0.25, -0.2) is 0 Å². The Morgan fingerprint density at radius 1 is 1.32 bits per heavy atom. The number of carbonyl (C=O) groups is 1. The van der Waals surface area contributed by atoms with Crippen LogP contribution in [0.3, 0.4) is 0 Å². The molecule has 0 atom stereocenters. The van der Waals surface area contributed by atoms with Gasteiger partial charge in [0.2, 0.25) is 0 Å². The molecule has 19 heavy (non-hydrogen) atoms. The molecule has 0 unspecified atom stereocenters. The van der Waals surface area contributed by atoms with Gasteiger partial charge in [-0.05, 0) is 23.8 Å². The number of hydrogen-bond acceptors (Lipinski definition) is 4. The molecule has 5 heteroatoms. The summed E-state index contributed by atoms with van der Waals surface area (Å²) in [7, 11) is 0. The predicted molar refractivity (Wildman–Crippen MR) is 69.1 cm³/mol. The van der Waals surface area contributed by atoms with Crippen LogP contribution in [0.1, 0.15) is 5.56 Å². The Labute approximate surface area is 111 Å². The molecular weight excluding hydrogens is 244 g/mol. The number of phenols is 1. The van der Waals surface area contributed by atoms with Crippen LogP contribution in [0, 0.1) is 11.3 Å². The molecule has 0 spiro atoms. The molecule has 1 aliphatic heterocycles. The largest absolute Gasteiger partial charge is 0.508 e. The van der Waals surface area contributed by atoms with E-state index in [1.807, 2.05) is 6.07 Å². The van der Waals surface area contributed by atoms with Gasteiger partial charge < -0.3 is 14.7 Å². The first-order chi connectivity index (χ1) is 9.20. The highest BCUT2D eigenvalue weighted by molar-refractivity contribution is 6.01. The first-order valence-corrected chi connectivity index (χ1v) is 5.98. The van der Waals surface area contributed by atoms with Crippen LogP contribution in [0.15, 0.2) is 29.8 Å². The predicted octanol–water partition coefficient (Wildman–Crippen LogP) is 1.16. The van der Waals surface area contributed by atoms with Crippen LogP contribution in [-0.2, 0) is 9.53 Å². The lowest BCUT2D eigenvalue weighted by Gasteiger charge is -2.26. The van der Waals surface area contributed by atoms with Crippen molar-refractivity contribution in [3.05, 3.63) is 35.4 Å². The molecule has 1 N–H and O–H groups in total. The topological polar surface area (TPSA) is 73.6 Å². The van der Waals surface area contributed by atoms with Crippen molar-refractivity contribution in [2.45, 2.75) is 0 Å². The van der Waals surface area contributed by atoms with E-state index in [-0.39, 0.29) is 17.2 Å². The standard InChI is InChI=1S/C14H14N2O3/c15-10-12(9-11-1-3-13(17)4-2-11)14(18)16-5-7-19-8-6-16/h1-4,9,17H,5-8H2/b12-9+. The summed E-state index contributed by atoms with van der Waals surface area (Å²) in [6.07, 6.45) is 1.53. The van der Waals surface area contributed by atoms with Crippen LogP contribution in [0.5, 0.6) is 5.75 Å². The highest BCUT2D eigenvalue weighted by Crippen LogP contribution is 2.14. The molecule has 5 nitrogen and oxygen atoms in total. The van der Waals surface area contributed by atoms with Crippen LogP contribution in [0.2, 0.25) is 0 Å². The number of nitriles is 1. The number of amides is 1. The normalized spacial score (nSPS) is 15.9. The van der Waals surface area contributed by atoms with E-state index in [1.165, 1.54) is 18.2 Å². The first-order valence-electron chi connectivity index (χ1n) is 5.98. The molecule has 2 rings (SSSR count). The lowest BCUT2D eigenvalue weighted by molar-refractivity contribution is -0.130. The molecule has 0 aromatic heterocycles. The third kappa shape index (κ3) is 3.33. The van der Waals surface area contributed by atoms with Gasteiger partial charge in [-0.3, -0.25) is 4.79 Å². The van der Waals surface area contributed by atoms with Gasteiger partial charge in [-0.15, -0.1) is 0 Å². The zero-order chi connectivity index (χ0) is 13.7. The summed E-state index contributed by atoms with van der Waals surface area (Å²) >= 11 is 0. The summed E-state index contributed by atoms with van der Waals surface area (Å²) in [6.45, 7) is 2.02. The summed E-state index contributed by atoms with van der Waals surface area (Å²) < 4.78 is 5.17. The van der Waals surface area contributed by atoms with E-state index in [0.717, 1.165) is 0 Å². The van der Waals surface area contributed by atoms with Crippen LogP contribution < -0.4 is 0 Å². The number of phenolic OH excluding ortho intramolecular Hbond substituents is 1. The van der Waals surface area contributed by atoms with E-state index in [4.69, 9.17) is 10.00 Å². The van der Waals surface area contributed by atoms with Crippen LogP contribution in [-0.4, -0.2) is 42.2 Å². The first kappa shape index (κ1) is 13.1. The maximum atomic E-state index is 12.1. The quantitative estimate of drug-likeness (QED) is 0.638. The molecule has 1 heterocycles. The van der Waals surface area contributed by atoms with Crippen molar-refractivity contribution in [1.82, 2.24) is 4.90 Å². The molecule has 1 saturated heterocycles. The Kier molecular flexibility index (Phi) is 4.16. The molecular formula is C14H14N2O3. The third-order valence-corrected chi connectivity index (χ3v) is 2.85. The van der Waals surface area contributed by atoms with Gasteiger partial charge in [0.15, 0.2) is 0 Å². The second-order valence-electron chi connectivity index (χ2n) is 4.17. The lowest BCUT2D eigenvalue weighted by atomic mass is 10.1. The Balaban J connectivity index is 2.17. The maximum absolute atomic E-state index is 12.1. The van der Waals surface area contributed by atoms with E-state index in [9.17, 15) is 9.90 Å². The fourth-order valence-corrected chi connectivity index (χ4v) is 1.82. The third-order valence-electron chi connectivity index (χ3n) is 2.85. The fraction of sp³-hybridized carbons (Fsp3) is 0.286. The van der Waals surface area contributed by atoms with Gasteiger partial charge in [0.25, 0.3) is 5.91 Å². The molecule has 0 bridgehead atoms. The molecule has 0 radical (unpaired) electrons. The van der Waals surface area contributed by atoms with E-state index >= 15 is 0 Å². The van der Waals surface area contributed by atoms with E-state index in [2.05, 4.69) is 0 Å². The number of rotatable bonds is 2. The second kappa shape index (κ2) is 6.03.